The molecule has 1 heterocycles. The normalized spacial score (nSPS) is 12.1. The Morgan fingerprint density at radius 3 is 1.38 bits per heavy atom. The van der Waals surface area contributed by atoms with Crippen molar-refractivity contribution in [3.8, 4) is 39.1 Å². The molecule has 15 rings (SSSR count). The van der Waals surface area contributed by atoms with Crippen LogP contribution in [0, 0.1) is 0 Å². The van der Waals surface area contributed by atoms with Gasteiger partial charge in [0.05, 0.1) is 11.0 Å². The third kappa shape index (κ3) is 5.59. The Labute approximate surface area is 398 Å². The molecule has 0 N–H and O–H groups in total. The fourth-order valence-corrected chi connectivity index (χ4v) is 12.1. The van der Waals surface area contributed by atoms with Crippen LogP contribution in [0.1, 0.15) is 0 Å². The molecule has 1 nitrogen and oxygen atoms in total. The molecule has 0 spiro atoms. The highest BCUT2D eigenvalue weighted by atomic mass is 15.0. The molecule has 0 unspecified atom stereocenters. The fraction of sp³-hybridized carbons (Fsp3) is 0. The molecule has 0 aliphatic rings. The third-order valence-electron chi connectivity index (χ3n) is 15.1. The first-order chi connectivity index (χ1) is 34.2. The van der Waals surface area contributed by atoms with Crippen molar-refractivity contribution in [2.75, 3.05) is 0 Å². The monoisotopic (exact) mass is 871 g/mol. The van der Waals surface area contributed by atoms with Crippen molar-refractivity contribution in [2.24, 2.45) is 0 Å². The van der Waals surface area contributed by atoms with Crippen LogP contribution in [0.25, 0.3) is 147 Å². The second-order valence-corrected chi connectivity index (χ2v) is 18.7. The van der Waals surface area contributed by atoms with Crippen LogP contribution in [0.3, 0.4) is 0 Å². The lowest BCUT2D eigenvalue weighted by Crippen LogP contribution is -1.94. The summed E-state index contributed by atoms with van der Waals surface area (Å²) in [5, 5.41) is 22.8. The zero-order valence-electron chi connectivity index (χ0n) is 37.6. The number of nitrogens with zero attached hydrogens (tertiary/aromatic N) is 1. The van der Waals surface area contributed by atoms with Crippen molar-refractivity contribution in [3.05, 3.63) is 249 Å². The van der Waals surface area contributed by atoms with E-state index in [-0.39, 0.29) is 0 Å². The highest BCUT2D eigenvalue weighted by Gasteiger charge is 2.21. The maximum Gasteiger partial charge on any atom is 0.0547 e. The van der Waals surface area contributed by atoms with Crippen LogP contribution in [0.2, 0.25) is 0 Å². The molecule has 14 aromatic carbocycles. The number of fused-ring (bicyclic) bond motifs is 16. The number of aromatic nitrogens is 1. The molecule has 318 valence electrons. The Bertz CT molecular complexity index is 4570. The summed E-state index contributed by atoms with van der Waals surface area (Å²) in [5.41, 5.74) is 11.0. The van der Waals surface area contributed by atoms with Gasteiger partial charge in [0, 0.05) is 16.5 Å². The second kappa shape index (κ2) is 14.7. The zero-order chi connectivity index (χ0) is 45.2. The Balaban J connectivity index is 0.971. The smallest absolute Gasteiger partial charge is 0.0547 e. The fourth-order valence-electron chi connectivity index (χ4n) is 12.1. The predicted octanol–water partition coefficient (Wildman–Crippen LogP) is 19.0. The maximum atomic E-state index is 2.49. The molecule has 1 heteroatoms. The summed E-state index contributed by atoms with van der Waals surface area (Å²) in [6.07, 6.45) is 0. The van der Waals surface area contributed by atoms with Gasteiger partial charge in [-0.05, 0) is 156 Å². The Hall–Kier alpha value is -9.04. The van der Waals surface area contributed by atoms with E-state index >= 15 is 0 Å². The van der Waals surface area contributed by atoms with E-state index in [4.69, 9.17) is 0 Å². The van der Waals surface area contributed by atoms with E-state index in [1.165, 1.54) is 141 Å². The van der Waals surface area contributed by atoms with Crippen LogP contribution >= 0.6 is 0 Å². The topological polar surface area (TPSA) is 4.93 Å². The molecule has 0 atom stereocenters. The largest absolute Gasteiger partial charge is 0.309 e. The van der Waals surface area contributed by atoms with E-state index in [0.29, 0.717) is 0 Å². The second-order valence-electron chi connectivity index (χ2n) is 18.7. The molecule has 0 bridgehead atoms. The number of para-hydroxylation sites is 1. The first kappa shape index (κ1) is 38.1. The summed E-state index contributed by atoms with van der Waals surface area (Å²) in [7, 11) is 0. The van der Waals surface area contributed by atoms with Gasteiger partial charge in [-0.3, -0.25) is 0 Å². The van der Waals surface area contributed by atoms with Gasteiger partial charge in [-0.15, -0.1) is 0 Å². The summed E-state index contributed by atoms with van der Waals surface area (Å²) in [4.78, 5) is 0. The standard InChI is InChI=1S/C68H41N/c1-2-18-47(19-3-1)69-64-38-37-53-50-21-7-5-16-43(50)33-36-59(53)68(64)63-40-61-52-23-9-8-22-51(52)60-39-46(34-35-54(60)62(61)41-65(63)69)67-57-26-12-10-24-55(57)66(56-25-11-13-27-58(56)67)45-31-29-44(30-32-45)49-28-14-17-42-15-4-6-20-48(42)49/h1-41H. The van der Waals surface area contributed by atoms with E-state index in [2.05, 4.69) is 253 Å². The number of hydrogen-bond acceptors (Lipinski definition) is 0. The van der Waals surface area contributed by atoms with E-state index < -0.39 is 0 Å². The van der Waals surface area contributed by atoms with Crippen LogP contribution < -0.4 is 0 Å². The van der Waals surface area contributed by atoms with E-state index in [1.807, 2.05) is 0 Å². The predicted molar refractivity (Wildman–Crippen MR) is 297 cm³/mol. The van der Waals surface area contributed by atoms with Crippen LogP contribution in [-0.4, -0.2) is 4.57 Å². The van der Waals surface area contributed by atoms with Gasteiger partial charge >= 0.3 is 0 Å². The van der Waals surface area contributed by atoms with Crippen molar-refractivity contribution in [1.82, 2.24) is 4.57 Å². The average Bonchev–Trinajstić information content (AvgIpc) is 3.75. The highest BCUT2D eigenvalue weighted by molar-refractivity contribution is 6.32. The first-order valence-electron chi connectivity index (χ1n) is 24.0. The molecule has 15 aromatic rings. The molecule has 0 aliphatic carbocycles. The van der Waals surface area contributed by atoms with Gasteiger partial charge in [0.15, 0.2) is 0 Å². The minimum absolute atomic E-state index is 1.16. The quantitative estimate of drug-likeness (QED) is 0.123. The zero-order valence-corrected chi connectivity index (χ0v) is 37.6. The van der Waals surface area contributed by atoms with Crippen molar-refractivity contribution in [2.45, 2.75) is 0 Å². The highest BCUT2D eigenvalue weighted by Crippen LogP contribution is 2.48. The van der Waals surface area contributed by atoms with Gasteiger partial charge < -0.3 is 4.57 Å². The molecule has 0 saturated heterocycles. The lowest BCUT2D eigenvalue weighted by Gasteiger charge is -2.19. The summed E-state index contributed by atoms with van der Waals surface area (Å²) >= 11 is 0. The lowest BCUT2D eigenvalue weighted by atomic mass is 9.84. The third-order valence-corrected chi connectivity index (χ3v) is 15.1. The Kier molecular flexibility index (Phi) is 8.13. The maximum absolute atomic E-state index is 2.49. The van der Waals surface area contributed by atoms with Crippen LogP contribution in [0.5, 0.6) is 0 Å². The van der Waals surface area contributed by atoms with Crippen molar-refractivity contribution < 1.29 is 0 Å². The van der Waals surface area contributed by atoms with Gasteiger partial charge in [0.2, 0.25) is 0 Å². The summed E-state index contributed by atoms with van der Waals surface area (Å²) < 4.78 is 2.48. The number of hydrogen-bond donors (Lipinski definition) is 0. The van der Waals surface area contributed by atoms with Crippen LogP contribution in [0.4, 0.5) is 0 Å². The minimum Gasteiger partial charge on any atom is -0.309 e. The molecule has 0 saturated carbocycles. The Morgan fingerprint density at radius 2 is 0.681 bits per heavy atom. The average molecular weight is 872 g/mol. The molecule has 0 aliphatic heterocycles. The molecular weight excluding hydrogens is 831 g/mol. The molecule has 0 amide bonds. The molecule has 0 radical (unpaired) electrons. The van der Waals surface area contributed by atoms with E-state index in [9.17, 15) is 0 Å². The first-order valence-corrected chi connectivity index (χ1v) is 24.0. The molecule has 1 aromatic heterocycles. The SMILES string of the molecule is c1ccc(-n2c3cc4c5ccc(-c6c7ccccc7c(-c7ccc(-c8cccc9ccccc89)cc7)c7ccccc67)cc5c5ccccc5c4cc3c3c4ccc5ccccc5c4ccc32)cc1. The van der Waals surface area contributed by atoms with Crippen molar-refractivity contribution >= 4 is 108 Å². The minimum atomic E-state index is 1.16. The van der Waals surface area contributed by atoms with Crippen LogP contribution in [-0.2, 0) is 0 Å². The number of rotatable bonds is 4. The molecule has 0 fully saturated rings. The van der Waals surface area contributed by atoms with Crippen molar-refractivity contribution in [3.63, 3.8) is 0 Å². The molecular formula is C68H41N. The van der Waals surface area contributed by atoms with Crippen LogP contribution in [0.15, 0.2) is 249 Å². The summed E-state index contributed by atoms with van der Waals surface area (Å²) in [6.45, 7) is 0. The van der Waals surface area contributed by atoms with Gasteiger partial charge in [-0.1, -0.05) is 212 Å². The van der Waals surface area contributed by atoms with Gasteiger partial charge in [-0.25, -0.2) is 0 Å². The van der Waals surface area contributed by atoms with Gasteiger partial charge in [0.25, 0.3) is 0 Å². The van der Waals surface area contributed by atoms with Gasteiger partial charge in [0.1, 0.15) is 0 Å². The van der Waals surface area contributed by atoms with Crippen molar-refractivity contribution in [1.29, 1.82) is 0 Å². The van der Waals surface area contributed by atoms with E-state index in [1.54, 1.807) is 0 Å². The molecule has 69 heavy (non-hydrogen) atoms. The summed E-state index contributed by atoms with van der Waals surface area (Å²) in [6, 6.07) is 92.7. The lowest BCUT2D eigenvalue weighted by molar-refractivity contribution is 1.18. The van der Waals surface area contributed by atoms with Gasteiger partial charge in [-0.2, -0.15) is 0 Å². The summed E-state index contributed by atoms with van der Waals surface area (Å²) in [5.74, 6) is 0. The van der Waals surface area contributed by atoms with E-state index in [0.717, 1.165) is 5.69 Å². The number of benzene rings is 14. The Morgan fingerprint density at radius 1 is 0.217 bits per heavy atom.